The molecule has 0 amide bonds. The third-order valence-electron chi connectivity index (χ3n) is 4.40. The smallest absolute Gasteiger partial charge is 0.416 e. The fraction of sp³-hybridized carbons (Fsp3) is 0.227. The van der Waals surface area contributed by atoms with Crippen LogP contribution in [0.5, 0.6) is 11.5 Å². The molecular weight excluding hydrogens is 417 g/mol. The van der Waals surface area contributed by atoms with Gasteiger partial charge in [-0.05, 0) is 66.8 Å². The van der Waals surface area contributed by atoms with Gasteiger partial charge in [0.2, 0.25) is 0 Å². The Morgan fingerprint density at radius 1 is 1.13 bits per heavy atom. The van der Waals surface area contributed by atoms with Gasteiger partial charge in [-0.25, -0.2) is 4.79 Å². The summed E-state index contributed by atoms with van der Waals surface area (Å²) in [6.07, 6.45) is -4.64. The second-order valence-corrected chi connectivity index (χ2v) is 7.60. The average molecular weight is 436 g/mol. The number of benzene rings is 2. The van der Waals surface area contributed by atoms with Gasteiger partial charge in [0.25, 0.3) is 0 Å². The predicted octanol–water partition coefficient (Wildman–Crippen LogP) is 6.35. The summed E-state index contributed by atoms with van der Waals surface area (Å²) < 4.78 is 49.3. The third-order valence-corrected chi connectivity index (χ3v) is 5.39. The lowest BCUT2D eigenvalue weighted by molar-refractivity contribution is -0.139. The van der Waals surface area contributed by atoms with E-state index >= 15 is 0 Å². The van der Waals surface area contributed by atoms with Crippen LogP contribution in [0.4, 0.5) is 13.2 Å². The highest BCUT2D eigenvalue weighted by atomic mass is 32.1. The molecule has 2 aromatic carbocycles. The summed E-state index contributed by atoms with van der Waals surface area (Å²) in [5.74, 6) is 0.0205. The maximum absolute atomic E-state index is 12.7. The van der Waals surface area contributed by atoms with Crippen molar-refractivity contribution in [2.75, 3.05) is 6.61 Å². The van der Waals surface area contributed by atoms with Gasteiger partial charge >= 0.3 is 12.1 Å². The number of rotatable bonds is 7. The molecule has 0 aliphatic rings. The largest absolute Gasteiger partial charge is 0.486 e. The Labute approximate surface area is 175 Å². The van der Waals surface area contributed by atoms with Gasteiger partial charge in [0.1, 0.15) is 17.6 Å². The molecule has 158 valence electrons. The molecule has 3 rings (SSSR count). The molecule has 0 saturated carbocycles. The zero-order chi connectivity index (χ0) is 21.9. The van der Waals surface area contributed by atoms with Crippen LogP contribution in [0.3, 0.4) is 0 Å². The number of hydrogen-bond donors (Lipinski definition) is 1. The van der Waals surface area contributed by atoms with E-state index in [0.717, 1.165) is 28.1 Å². The van der Waals surface area contributed by atoms with E-state index in [1.807, 2.05) is 18.4 Å². The first kappa shape index (κ1) is 21.7. The van der Waals surface area contributed by atoms with Crippen LogP contribution in [0.15, 0.2) is 53.9 Å². The minimum absolute atomic E-state index is 0.283. The summed E-state index contributed by atoms with van der Waals surface area (Å²) in [6.45, 7) is 3.25. The van der Waals surface area contributed by atoms with Crippen molar-refractivity contribution in [2.45, 2.75) is 26.1 Å². The fourth-order valence-corrected chi connectivity index (χ4v) is 3.81. The number of carbonyl (C=O) groups is 1. The van der Waals surface area contributed by atoms with Crippen molar-refractivity contribution in [1.82, 2.24) is 0 Å². The van der Waals surface area contributed by atoms with E-state index in [0.29, 0.717) is 17.1 Å². The summed E-state index contributed by atoms with van der Waals surface area (Å²) in [5.41, 5.74) is 1.68. The number of aryl methyl sites for hydroxylation is 1. The van der Waals surface area contributed by atoms with E-state index in [9.17, 15) is 18.0 Å². The lowest BCUT2D eigenvalue weighted by Gasteiger charge is -2.15. The highest BCUT2D eigenvalue weighted by molar-refractivity contribution is 7.13. The quantitative estimate of drug-likeness (QED) is 0.469. The Morgan fingerprint density at radius 3 is 2.43 bits per heavy atom. The maximum Gasteiger partial charge on any atom is 0.416 e. The second kappa shape index (κ2) is 8.79. The number of carboxylic acids is 1. The molecule has 0 saturated heterocycles. The Balaban J connectivity index is 1.68. The monoisotopic (exact) mass is 436 g/mol. The highest BCUT2D eigenvalue weighted by Gasteiger charge is 2.30. The summed E-state index contributed by atoms with van der Waals surface area (Å²) in [6, 6.07) is 12.1. The summed E-state index contributed by atoms with van der Waals surface area (Å²) in [5, 5.41) is 10.6. The van der Waals surface area contributed by atoms with Gasteiger partial charge in [-0.15, -0.1) is 11.3 Å². The van der Waals surface area contributed by atoms with Gasteiger partial charge < -0.3 is 14.6 Å². The molecular formula is C22H19F3O4S. The Morgan fingerprint density at radius 2 is 1.83 bits per heavy atom. The molecule has 1 unspecified atom stereocenters. The normalized spacial score (nSPS) is 12.4. The summed E-state index contributed by atoms with van der Waals surface area (Å²) in [4.78, 5) is 11.5. The number of aliphatic carboxylic acids is 1. The number of hydrogen-bond acceptors (Lipinski definition) is 4. The van der Waals surface area contributed by atoms with E-state index < -0.39 is 24.3 Å². The number of halogens is 3. The van der Waals surface area contributed by atoms with Crippen molar-refractivity contribution in [3.63, 3.8) is 0 Å². The molecule has 0 spiro atoms. The van der Waals surface area contributed by atoms with Crippen LogP contribution in [-0.4, -0.2) is 17.7 Å². The van der Waals surface area contributed by atoms with Crippen molar-refractivity contribution in [3.05, 3.63) is 70.6 Å². The maximum atomic E-state index is 12.7. The summed E-state index contributed by atoms with van der Waals surface area (Å²) in [7, 11) is 0. The van der Waals surface area contributed by atoms with Gasteiger partial charge in [-0.2, -0.15) is 13.2 Å². The zero-order valence-corrected chi connectivity index (χ0v) is 17.0. The fourth-order valence-electron chi connectivity index (χ4n) is 2.81. The van der Waals surface area contributed by atoms with Gasteiger partial charge in [0.15, 0.2) is 6.61 Å². The highest BCUT2D eigenvalue weighted by Crippen LogP contribution is 2.35. The minimum Gasteiger partial charge on any atom is -0.486 e. The Bertz CT molecular complexity index is 1030. The molecule has 4 nitrogen and oxygen atoms in total. The zero-order valence-electron chi connectivity index (χ0n) is 16.2. The van der Waals surface area contributed by atoms with Crippen molar-refractivity contribution in [2.24, 2.45) is 0 Å². The lowest BCUT2D eigenvalue weighted by atomic mass is 10.1. The Hall–Kier alpha value is -3.00. The molecule has 0 fully saturated rings. The predicted molar refractivity (Wildman–Crippen MR) is 108 cm³/mol. The van der Waals surface area contributed by atoms with E-state index in [-0.39, 0.29) is 6.10 Å². The molecule has 8 heteroatoms. The van der Waals surface area contributed by atoms with E-state index in [2.05, 4.69) is 0 Å². The molecule has 3 aromatic rings. The Kier molecular flexibility index (Phi) is 6.36. The molecule has 0 aliphatic carbocycles. The van der Waals surface area contributed by atoms with Crippen molar-refractivity contribution in [3.8, 4) is 21.9 Å². The van der Waals surface area contributed by atoms with Crippen LogP contribution < -0.4 is 9.47 Å². The topological polar surface area (TPSA) is 55.8 Å². The first-order chi connectivity index (χ1) is 14.1. The number of carboxylic acid groups (broad SMARTS) is 1. The van der Waals surface area contributed by atoms with Crippen LogP contribution in [0.2, 0.25) is 0 Å². The molecule has 1 atom stereocenters. The number of thiophene rings is 1. The van der Waals surface area contributed by atoms with Gasteiger partial charge in [0, 0.05) is 10.4 Å². The van der Waals surface area contributed by atoms with Crippen LogP contribution in [-0.2, 0) is 11.0 Å². The summed E-state index contributed by atoms with van der Waals surface area (Å²) >= 11 is 1.43. The second-order valence-electron chi connectivity index (χ2n) is 6.69. The number of ether oxygens (including phenoxy) is 2. The van der Waals surface area contributed by atoms with Crippen LogP contribution in [0.1, 0.15) is 29.7 Å². The first-order valence-corrected chi connectivity index (χ1v) is 9.89. The van der Waals surface area contributed by atoms with Crippen molar-refractivity contribution in [1.29, 1.82) is 0 Å². The molecule has 0 bridgehead atoms. The molecule has 1 heterocycles. The minimum atomic E-state index is -4.35. The third kappa shape index (κ3) is 5.33. The van der Waals surface area contributed by atoms with Gasteiger partial charge in [0.05, 0.1) is 5.56 Å². The molecule has 0 radical (unpaired) electrons. The van der Waals surface area contributed by atoms with E-state index in [1.165, 1.54) is 23.5 Å². The lowest BCUT2D eigenvalue weighted by Crippen LogP contribution is -2.10. The SMILES string of the molecule is Cc1cc(OC(C)c2csc(-c3ccc(C(F)(F)F)cc3)c2)ccc1OCC(=O)O. The first-order valence-electron chi connectivity index (χ1n) is 9.01. The molecule has 30 heavy (non-hydrogen) atoms. The molecule has 0 aliphatic heterocycles. The van der Waals surface area contributed by atoms with Crippen molar-refractivity contribution < 1.29 is 32.5 Å². The van der Waals surface area contributed by atoms with Gasteiger partial charge in [-0.3, -0.25) is 0 Å². The standard InChI is InChI=1S/C22H19F3O4S/c1-13-9-18(7-8-19(13)28-11-21(26)27)29-14(2)16-10-20(30-12-16)15-3-5-17(6-4-15)22(23,24)25/h3-10,12,14H,11H2,1-2H3,(H,26,27). The average Bonchev–Trinajstić information content (AvgIpc) is 3.17. The van der Waals surface area contributed by atoms with E-state index in [4.69, 9.17) is 14.6 Å². The van der Waals surface area contributed by atoms with Crippen LogP contribution in [0.25, 0.3) is 10.4 Å². The van der Waals surface area contributed by atoms with Gasteiger partial charge in [-0.1, -0.05) is 12.1 Å². The molecule has 1 N–H and O–H groups in total. The molecule has 1 aromatic heterocycles. The van der Waals surface area contributed by atoms with Crippen LogP contribution in [0, 0.1) is 6.92 Å². The van der Waals surface area contributed by atoms with Crippen LogP contribution >= 0.6 is 11.3 Å². The van der Waals surface area contributed by atoms with E-state index in [1.54, 1.807) is 25.1 Å². The van der Waals surface area contributed by atoms with Crippen molar-refractivity contribution >= 4 is 17.3 Å². The number of alkyl halides is 3.